The minimum Gasteiger partial charge on any atom is -0.478 e. The standard InChI is InChI=1S/C20H17ClF3NO2/c1-19(2,27-17-10-8-16(21)9-11-17)18(26)25-12-4-6-14-5-3-7-15(13-14)20(22,23)24/h3,5,7-11,13H,12H2,1-2H3,(H,25,26). The van der Waals surface area contributed by atoms with E-state index in [4.69, 9.17) is 16.3 Å². The average Bonchev–Trinajstić information content (AvgIpc) is 2.60. The van der Waals surface area contributed by atoms with Crippen LogP contribution in [0.3, 0.4) is 0 Å². The molecule has 0 aromatic heterocycles. The van der Waals surface area contributed by atoms with Crippen molar-refractivity contribution in [2.75, 3.05) is 6.54 Å². The minimum atomic E-state index is -4.42. The van der Waals surface area contributed by atoms with Gasteiger partial charge in [0.1, 0.15) is 5.75 Å². The Balaban J connectivity index is 1.94. The molecule has 1 amide bonds. The van der Waals surface area contributed by atoms with Gasteiger partial charge in [-0.15, -0.1) is 0 Å². The maximum absolute atomic E-state index is 12.7. The van der Waals surface area contributed by atoms with Gasteiger partial charge in [-0.05, 0) is 56.3 Å². The molecule has 0 fully saturated rings. The van der Waals surface area contributed by atoms with Crippen LogP contribution in [-0.4, -0.2) is 18.1 Å². The first-order valence-electron chi connectivity index (χ1n) is 7.97. The number of rotatable bonds is 4. The van der Waals surface area contributed by atoms with E-state index in [0.29, 0.717) is 10.8 Å². The predicted octanol–water partition coefficient (Wildman–Crippen LogP) is 4.68. The number of halogens is 4. The molecule has 0 bridgehead atoms. The summed E-state index contributed by atoms with van der Waals surface area (Å²) < 4.78 is 43.6. The zero-order valence-electron chi connectivity index (χ0n) is 14.7. The van der Waals surface area contributed by atoms with Crippen molar-refractivity contribution in [1.82, 2.24) is 5.32 Å². The van der Waals surface area contributed by atoms with Gasteiger partial charge in [0.25, 0.3) is 5.91 Å². The van der Waals surface area contributed by atoms with Gasteiger partial charge in [0.15, 0.2) is 5.60 Å². The molecule has 0 heterocycles. The van der Waals surface area contributed by atoms with E-state index in [1.807, 2.05) is 0 Å². The van der Waals surface area contributed by atoms with E-state index in [1.54, 1.807) is 38.1 Å². The molecule has 0 radical (unpaired) electrons. The summed E-state index contributed by atoms with van der Waals surface area (Å²) >= 11 is 5.80. The summed E-state index contributed by atoms with van der Waals surface area (Å²) in [4.78, 5) is 12.3. The predicted molar refractivity (Wildman–Crippen MR) is 97.5 cm³/mol. The number of alkyl halides is 3. The first kappa shape index (κ1) is 20.7. The number of carbonyl (C=O) groups is 1. The molecule has 2 aromatic carbocycles. The number of hydrogen-bond donors (Lipinski definition) is 1. The largest absolute Gasteiger partial charge is 0.478 e. The highest BCUT2D eigenvalue weighted by molar-refractivity contribution is 6.30. The van der Waals surface area contributed by atoms with Crippen LogP contribution in [0.1, 0.15) is 25.0 Å². The van der Waals surface area contributed by atoms with Crippen LogP contribution in [0.4, 0.5) is 13.2 Å². The second-order valence-corrected chi connectivity index (χ2v) is 6.57. The molecular weight excluding hydrogens is 379 g/mol. The molecule has 0 unspecified atom stereocenters. The molecule has 0 atom stereocenters. The molecular formula is C20H17ClF3NO2. The Bertz CT molecular complexity index is 865. The van der Waals surface area contributed by atoms with Gasteiger partial charge in [0.05, 0.1) is 12.1 Å². The van der Waals surface area contributed by atoms with Crippen molar-refractivity contribution in [3.8, 4) is 17.6 Å². The summed E-state index contributed by atoms with van der Waals surface area (Å²) in [6.07, 6.45) is -4.42. The van der Waals surface area contributed by atoms with Gasteiger partial charge >= 0.3 is 6.18 Å². The zero-order chi connectivity index (χ0) is 20.1. The molecule has 0 spiro atoms. The molecule has 0 aliphatic rings. The van der Waals surface area contributed by atoms with Crippen molar-refractivity contribution in [1.29, 1.82) is 0 Å². The highest BCUT2D eigenvalue weighted by atomic mass is 35.5. The maximum Gasteiger partial charge on any atom is 0.416 e. The van der Waals surface area contributed by atoms with Gasteiger partial charge in [-0.3, -0.25) is 4.79 Å². The summed E-state index contributed by atoms with van der Waals surface area (Å²) in [6, 6.07) is 11.3. The zero-order valence-corrected chi connectivity index (χ0v) is 15.4. The Labute approximate surface area is 160 Å². The van der Waals surface area contributed by atoms with Crippen LogP contribution in [0.2, 0.25) is 5.02 Å². The normalized spacial score (nSPS) is 11.3. The monoisotopic (exact) mass is 395 g/mol. The summed E-state index contributed by atoms with van der Waals surface area (Å²) in [5, 5.41) is 3.13. The Morgan fingerprint density at radius 2 is 1.81 bits per heavy atom. The average molecular weight is 396 g/mol. The lowest BCUT2D eigenvalue weighted by Gasteiger charge is -2.24. The molecule has 2 aromatic rings. The topological polar surface area (TPSA) is 38.3 Å². The molecule has 27 heavy (non-hydrogen) atoms. The third kappa shape index (κ3) is 6.22. The van der Waals surface area contributed by atoms with Gasteiger partial charge < -0.3 is 10.1 Å². The second-order valence-electron chi connectivity index (χ2n) is 6.13. The van der Waals surface area contributed by atoms with E-state index < -0.39 is 23.2 Å². The number of nitrogens with one attached hydrogen (secondary N) is 1. The van der Waals surface area contributed by atoms with Gasteiger partial charge in [-0.25, -0.2) is 0 Å². The van der Waals surface area contributed by atoms with Crippen LogP contribution in [0.25, 0.3) is 0 Å². The van der Waals surface area contributed by atoms with Gasteiger partial charge in [0.2, 0.25) is 0 Å². The van der Waals surface area contributed by atoms with Gasteiger partial charge in [-0.1, -0.05) is 29.5 Å². The van der Waals surface area contributed by atoms with Crippen LogP contribution in [0, 0.1) is 11.8 Å². The first-order chi connectivity index (χ1) is 12.6. The summed E-state index contributed by atoms with van der Waals surface area (Å²) in [5.41, 5.74) is -1.71. The molecule has 0 saturated heterocycles. The summed E-state index contributed by atoms with van der Waals surface area (Å²) in [6.45, 7) is 3.16. The summed E-state index contributed by atoms with van der Waals surface area (Å²) in [7, 11) is 0. The second kappa shape index (κ2) is 8.36. The summed E-state index contributed by atoms with van der Waals surface area (Å²) in [5.74, 6) is 5.31. The van der Waals surface area contributed by atoms with E-state index >= 15 is 0 Å². The van der Waals surface area contributed by atoms with Crippen molar-refractivity contribution in [2.45, 2.75) is 25.6 Å². The SMILES string of the molecule is CC(C)(Oc1ccc(Cl)cc1)C(=O)NCC#Cc1cccc(C(F)(F)F)c1. The molecule has 0 aliphatic heterocycles. The van der Waals surface area contributed by atoms with Gasteiger partial charge in [-0.2, -0.15) is 13.2 Å². The Kier molecular flexibility index (Phi) is 6.40. The molecule has 0 saturated carbocycles. The lowest BCUT2D eigenvalue weighted by Crippen LogP contribution is -2.46. The number of carbonyl (C=O) groups excluding carboxylic acids is 1. The van der Waals surface area contributed by atoms with Crippen LogP contribution in [0.5, 0.6) is 5.75 Å². The molecule has 0 aliphatic carbocycles. The Morgan fingerprint density at radius 1 is 1.15 bits per heavy atom. The van der Waals surface area contributed by atoms with E-state index in [0.717, 1.165) is 12.1 Å². The fraction of sp³-hybridized carbons (Fsp3) is 0.250. The molecule has 1 N–H and O–H groups in total. The van der Waals surface area contributed by atoms with E-state index in [1.165, 1.54) is 12.1 Å². The van der Waals surface area contributed by atoms with E-state index in [9.17, 15) is 18.0 Å². The molecule has 7 heteroatoms. The third-order valence-corrected chi connectivity index (χ3v) is 3.75. The smallest absolute Gasteiger partial charge is 0.416 e. The van der Waals surface area contributed by atoms with Gasteiger partial charge in [0, 0.05) is 10.6 Å². The third-order valence-electron chi connectivity index (χ3n) is 3.49. The van der Waals surface area contributed by atoms with Crippen LogP contribution < -0.4 is 10.1 Å². The van der Waals surface area contributed by atoms with Crippen LogP contribution in [-0.2, 0) is 11.0 Å². The van der Waals surface area contributed by atoms with Crippen molar-refractivity contribution in [3.63, 3.8) is 0 Å². The fourth-order valence-corrected chi connectivity index (χ4v) is 2.23. The lowest BCUT2D eigenvalue weighted by atomic mass is 10.1. The van der Waals surface area contributed by atoms with Crippen molar-refractivity contribution < 1.29 is 22.7 Å². The van der Waals surface area contributed by atoms with E-state index in [2.05, 4.69) is 17.2 Å². The van der Waals surface area contributed by atoms with Crippen LogP contribution >= 0.6 is 11.6 Å². The highest BCUT2D eigenvalue weighted by Gasteiger charge is 2.30. The molecule has 3 nitrogen and oxygen atoms in total. The first-order valence-corrected chi connectivity index (χ1v) is 8.35. The number of benzene rings is 2. The fourth-order valence-electron chi connectivity index (χ4n) is 2.10. The van der Waals surface area contributed by atoms with Crippen molar-refractivity contribution in [2.24, 2.45) is 0 Å². The lowest BCUT2D eigenvalue weighted by molar-refractivity contribution is -0.137. The highest BCUT2D eigenvalue weighted by Crippen LogP contribution is 2.29. The Hall–Kier alpha value is -2.65. The number of amides is 1. The van der Waals surface area contributed by atoms with Crippen LogP contribution in [0.15, 0.2) is 48.5 Å². The van der Waals surface area contributed by atoms with E-state index in [-0.39, 0.29) is 12.1 Å². The minimum absolute atomic E-state index is 0.0253. The quantitative estimate of drug-likeness (QED) is 0.763. The molecule has 2 rings (SSSR count). The van der Waals surface area contributed by atoms with Crippen molar-refractivity contribution >= 4 is 17.5 Å². The maximum atomic E-state index is 12.7. The Morgan fingerprint density at radius 3 is 2.44 bits per heavy atom. The molecule has 142 valence electrons. The number of hydrogen-bond acceptors (Lipinski definition) is 2. The number of ether oxygens (including phenoxy) is 1. The van der Waals surface area contributed by atoms with Crippen molar-refractivity contribution in [3.05, 3.63) is 64.7 Å².